The molecule has 1 fully saturated rings. The molecule has 0 radical (unpaired) electrons. The smallest absolute Gasteiger partial charge is 0.239 e. The van der Waals surface area contributed by atoms with Crippen molar-refractivity contribution in [3.8, 4) is 0 Å². The zero-order valence-electron chi connectivity index (χ0n) is 14.7. The van der Waals surface area contributed by atoms with E-state index in [1.165, 1.54) is 11.1 Å². The maximum atomic E-state index is 12.0. The lowest BCUT2D eigenvalue weighted by Gasteiger charge is -2.40. The predicted octanol–water partition coefficient (Wildman–Crippen LogP) is 2.86. The van der Waals surface area contributed by atoms with Crippen molar-refractivity contribution in [2.24, 2.45) is 5.73 Å². The van der Waals surface area contributed by atoms with E-state index in [4.69, 9.17) is 10.5 Å². The number of carbonyl (C=O) groups excluding carboxylic acids is 1. The van der Waals surface area contributed by atoms with Crippen LogP contribution in [0.1, 0.15) is 35.6 Å². The predicted molar refractivity (Wildman–Crippen MR) is 99.3 cm³/mol. The first kappa shape index (κ1) is 17.6. The summed E-state index contributed by atoms with van der Waals surface area (Å²) in [5.41, 5.74) is 9.15. The van der Waals surface area contributed by atoms with Crippen LogP contribution in [-0.4, -0.2) is 25.7 Å². The highest BCUT2D eigenvalue weighted by Crippen LogP contribution is 2.36. The van der Waals surface area contributed by atoms with Crippen molar-refractivity contribution in [3.05, 3.63) is 71.3 Å². The molecule has 2 aromatic carbocycles. The van der Waals surface area contributed by atoms with E-state index in [2.05, 4.69) is 36.5 Å². The Hall–Kier alpha value is -2.17. The number of rotatable bonds is 6. The number of amides is 1. The van der Waals surface area contributed by atoms with Gasteiger partial charge in [0.2, 0.25) is 5.91 Å². The molecule has 0 aromatic heterocycles. The summed E-state index contributed by atoms with van der Waals surface area (Å²) < 4.78 is 5.61. The molecule has 0 spiro atoms. The normalized spacial score (nSPS) is 17.8. The third kappa shape index (κ3) is 3.91. The van der Waals surface area contributed by atoms with Crippen LogP contribution in [0.3, 0.4) is 0 Å². The monoisotopic (exact) mass is 338 g/mol. The average molecular weight is 338 g/mol. The van der Waals surface area contributed by atoms with Gasteiger partial charge in [0.15, 0.2) is 0 Å². The highest BCUT2D eigenvalue weighted by atomic mass is 16.5. The minimum Gasteiger partial charge on any atom is -0.381 e. The lowest BCUT2D eigenvalue weighted by Crippen LogP contribution is -2.46. The van der Waals surface area contributed by atoms with Crippen molar-refractivity contribution in [2.75, 3.05) is 19.8 Å². The SMILES string of the molecule is Cc1ccccc1C1(CN[C@H](C(N)=O)c2ccccc2)CCOCC1. The van der Waals surface area contributed by atoms with Crippen molar-refractivity contribution in [1.29, 1.82) is 0 Å². The van der Waals surface area contributed by atoms with E-state index in [-0.39, 0.29) is 11.3 Å². The molecule has 1 aliphatic heterocycles. The molecule has 0 aliphatic carbocycles. The van der Waals surface area contributed by atoms with Gasteiger partial charge in [0.25, 0.3) is 0 Å². The molecule has 0 saturated carbocycles. The van der Waals surface area contributed by atoms with Gasteiger partial charge < -0.3 is 15.8 Å². The summed E-state index contributed by atoms with van der Waals surface area (Å²) in [6, 6.07) is 17.7. The van der Waals surface area contributed by atoms with Crippen molar-refractivity contribution < 1.29 is 9.53 Å². The maximum Gasteiger partial charge on any atom is 0.239 e. The lowest BCUT2D eigenvalue weighted by atomic mass is 9.72. The fourth-order valence-electron chi connectivity index (χ4n) is 3.80. The zero-order valence-corrected chi connectivity index (χ0v) is 14.7. The summed E-state index contributed by atoms with van der Waals surface area (Å²) in [6.45, 7) is 4.32. The van der Waals surface area contributed by atoms with Gasteiger partial charge in [-0.2, -0.15) is 0 Å². The molecule has 1 atom stereocenters. The second-order valence-corrected chi connectivity index (χ2v) is 6.83. The zero-order chi connectivity index (χ0) is 17.7. The number of hydrogen-bond donors (Lipinski definition) is 2. The van der Waals surface area contributed by atoms with Crippen LogP contribution < -0.4 is 11.1 Å². The first-order valence-corrected chi connectivity index (χ1v) is 8.84. The summed E-state index contributed by atoms with van der Waals surface area (Å²) in [4.78, 5) is 12.0. The van der Waals surface area contributed by atoms with Gasteiger partial charge in [-0.25, -0.2) is 0 Å². The number of nitrogens with two attached hydrogens (primary N) is 1. The molecule has 1 aliphatic rings. The Kier molecular flexibility index (Phi) is 5.51. The van der Waals surface area contributed by atoms with Crippen LogP contribution in [0.25, 0.3) is 0 Å². The molecule has 132 valence electrons. The van der Waals surface area contributed by atoms with Gasteiger partial charge in [-0.05, 0) is 36.5 Å². The van der Waals surface area contributed by atoms with Crippen molar-refractivity contribution in [1.82, 2.24) is 5.32 Å². The third-order valence-electron chi connectivity index (χ3n) is 5.23. The molecule has 0 unspecified atom stereocenters. The molecule has 0 bridgehead atoms. The summed E-state index contributed by atoms with van der Waals surface area (Å²) in [6.07, 6.45) is 1.87. The Morgan fingerprint density at radius 2 is 1.76 bits per heavy atom. The Balaban J connectivity index is 1.86. The number of nitrogens with one attached hydrogen (secondary N) is 1. The minimum absolute atomic E-state index is 0.0356. The number of hydrogen-bond acceptors (Lipinski definition) is 3. The van der Waals surface area contributed by atoms with Gasteiger partial charge in [-0.3, -0.25) is 4.79 Å². The Bertz CT molecular complexity index is 709. The molecule has 2 aromatic rings. The molecule has 4 heteroatoms. The van der Waals surface area contributed by atoms with Crippen molar-refractivity contribution in [3.63, 3.8) is 0 Å². The number of carbonyl (C=O) groups is 1. The standard InChI is InChI=1S/C21H26N2O2/c1-16-7-5-6-10-18(16)21(11-13-25-14-12-21)15-23-19(20(22)24)17-8-3-2-4-9-17/h2-10,19,23H,11-15H2,1H3,(H2,22,24)/t19-/m0/s1. The Labute approximate surface area is 149 Å². The van der Waals surface area contributed by atoms with Gasteiger partial charge in [0.1, 0.15) is 6.04 Å². The molecule has 3 N–H and O–H groups in total. The van der Waals surface area contributed by atoms with Gasteiger partial charge in [-0.1, -0.05) is 54.6 Å². The van der Waals surface area contributed by atoms with E-state index in [1.54, 1.807) is 0 Å². The Morgan fingerprint density at radius 3 is 2.40 bits per heavy atom. The molecule has 1 saturated heterocycles. The maximum absolute atomic E-state index is 12.0. The second-order valence-electron chi connectivity index (χ2n) is 6.83. The average Bonchev–Trinajstić information content (AvgIpc) is 2.63. The molecule has 1 heterocycles. The van der Waals surface area contributed by atoms with Gasteiger partial charge in [0, 0.05) is 25.2 Å². The van der Waals surface area contributed by atoms with E-state index < -0.39 is 6.04 Å². The molecular formula is C21H26N2O2. The van der Waals surface area contributed by atoms with E-state index >= 15 is 0 Å². The topological polar surface area (TPSA) is 64.3 Å². The van der Waals surface area contributed by atoms with Crippen molar-refractivity contribution >= 4 is 5.91 Å². The van der Waals surface area contributed by atoms with Crippen LogP contribution in [0.5, 0.6) is 0 Å². The third-order valence-corrected chi connectivity index (χ3v) is 5.23. The van der Waals surface area contributed by atoms with Crippen LogP contribution in [-0.2, 0) is 14.9 Å². The van der Waals surface area contributed by atoms with Crippen LogP contribution in [0, 0.1) is 6.92 Å². The van der Waals surface area contributed by atoms with Crippen LogP contribution in [0.4, 0.5) is 0 Å². The number of primary amides is 1. The fourth-order valence-corrected chi connectivity index (χ4v) is 3.80. The van der Waals surface area contributed by atoms with Crippen molar-refractivity contribution in [2.45, 2.75) is 31.2 Å². The molecule has 1 amide bonds. The molecular weight excluding hydrogens is 312 g/mol. The van der Waals surface area contributed by atoms with E-state index in [0.717, 1.165) is 31.6 Å². The number of benzene rings is 2. The van der Waals surface area contributed by atoms with E-state index in [9.17, 15) is 4.79 Å². The van der Waals surface area contributed by atoms with Crippen LogP contribution in [0.2, 0.25) is 0 Å². The minimum atomic E-state index is -0.482. The highest BCUT2D eigenvalue weighted by Gasteiger charge is 2.36. The summed E-state index contributed by atoms with van der Waals surface area (Å²) >= 11 is 0. The number of ether oxygens (including phenoxy) is 1. The lowest BCUT2D eigenvalue weighted by molar-refractivity contribution is -0.120. The fraction of sp³-hybridized carbons (Fsp3) is 0.381. The number of aryl methyl sites for hydroxylation is 1. The second kappa shape index (κ2) is 7.81. The van der Waals surface area contributed by atoms with E-state index in [0.29, 0.717) is 6.54 Å². The first-order chi connectivity index (χ1) is 12.1. The van der Waals surface area contributed by atoms with E-state index in [1.807, 2.05) is 30.3 Å². The first-order valence-electron chi connectivity index (χ1n) is 8.84. The van der Waals surface area contributed by atoms with Gasteiger partial charge in [-0.15, -0.1) is 0 Å². The van der Waals surface area contributed by atoms with Crippen LogP contribution in [0.15, 0.2) is 54.6 Å². The summed E-state index contributed by atoms with van der Waals surface area (Å²) in [7, 11) is 0. The van der Waals surface area contributed by atoms with Gasteiger partial charge >= 0.3 is 0 Å². The quantitative estimate of drug-likeness (QED) is 0.851. The Morgan fingerprint density at radius 1 is 1.12 bits per heavy atom. The summed E-state index contributed by atoms with van der Waals surface area (Å²) in [5.74, 6) is -0.349. The molecule has 3 rings (SSSR count). The van der Waals surface area contributed by atoms with Crippen LogP contribution >= 0.6 is 0 Å². The van der Waals surface area contributed by atoms with Gasteiger partial charge in [0.05, 0.1) is 0 Å². The summed E-state index contributed by atoms with van der Waals surface area (Å²) in [5, 5.41) is 3.44. The molecule has 25 heavy (non-hydrogen) atoms. The molecule has 4 nitrogen and oxygen atoms in total. The largest absolute Gasteiger partial charge is 0.381 e. The highest BCUT2D eigenvalue weighted by molar-refractivity contribution is 5.81.